The molecule has 1 heterocycles. The Labute approximate surface area is 168 Å². The van der Waals surface area contributed by atoms with Gasteiger partial charge in [0, 0.05) is 23.9 Å². The normalized spacial score (nSPS) is 16.7. The highest BCUT2D eigenvalue weighted by Crippen LogP contribution is 2.32. The molecule has 0 N–H and O–H groups in total. The van der Waals surface area contributed by atoms with Gasteiger partial charge in [-0.25, -0.2) is 0 Å². The van der Waals surface area contributed by atoms with Crippen molar-refractivity contribution in [1.29, 1.82) is 0 Å². The second kappa shape index (κ2) is 8.32. The van der Waals surface area contributed by atoms with Crippen LogP contribution < -0.4 is 4.74 Å². The van der Waals surface area contributed by atoms with Crippen molar-refractivity contribution in [3.05, 3.63) is 69.3 Å². The van der Waals surface area contributed by atoms with Gasteiger partial charge in [0.25, 0.3) is 5.91 Å². The van der Waals surface area contributed by atoms with Gasteiger partial charge < -0.3 is 9.64 Å². The van der Waals surface area contributed by atoms with Crippen LogP contribution in [0.2, 0.25) is 0 Å². The standard InChI is InChI=1S/C19H17F3N2O4S/c1-12-2-7-16(15(10-12)24(26)27)28-11-17-23(8-9-29-17)18(25)13-3-5-14(6-4-13)19(20,21)22/h2-7,10,17H,8-9,11H2,1H3. The number of hydrogen-bond acceptors (Lipinski definition) is 5. The number of nitro groups is 1. The topological polar surface area (TPSA) is 72.7 Å². The predicted octanol–water partition coefficient (Wildman–Crippen LogP) is 4.52. The molecule has 2 aromatic rings. The van der Waals surface area contributed by atoms with E-state index in [9.17, 15) is 28.1 Å². The van der Waals surface area contributed by atoms with E-state index in [2.05, 4.69) is 0 Å². The molecule has 1 saturated heterocycles. The maximum Gasteiger partial charge on any atom is 0.416 e. The summed E-state index contributed by atoms with van der Waals surface area (Å²) in [7, 11) is 0. The molecule has 1 aliphatic rings. The molecule has 10 heteroatoms. The number of nitro benzene ring substituents is 1. The smallest absolute Gasteiger partial charge is 0.416 e. The Morgan fingerprint density at radius 1 is 1.28 bits per heavy atom. The number of ether oxygens (including phenoxy) is 1. The second-order valence-corrected chi connectivity index (χ2v) is 7.72. The summed E-state index contributed by atoms with van der Waals surface area (Å²) >= 11 is 1.45. The second-order valence-electron chi connectivity index (χ2n) is 6.44. The molecule has 0 aliphatic carbocycles. The van der Waals surface area contributed by atoms with E-state index >= 15 is 0 Å². The van der Waals surface area contributed by atoms with Crippen molar-refractivity contribution in [2.75, 3.05) is 18.9 Å². The molecule has 154 valence electrons. The van der Waals surface area contributed by atoms with Crippen LogP contribution in [0, 0.1) is 17.0 Å². The molecule has 2 aromatic carbocycles. The number of rotatable bonds is 5. The Morgan fingerprint density at radius 2 is 1.97 bits per heavy atom. The lowest BCUT2D eigenvalue weighted by atomic mass is 10.1. The lowest BCUT2D eigenvalue weighted by Gasteiger charge is -2.24. The average molecular weight is 426 g/mol. The average Bonchev–Trinajstić information content (AvgIpc) is 3.14. The maximum atomic E-state index is 12.7. The fourth-order valence-electron chi connectivity index (χ4n) is 2.91. The maximum absolute atomic E-state index is 12.7. The van der Waals surface area contributed by atoms with Gasteiger partial charge in [-0.15, -0.1) is 11.8 Å². The molecular formula is C19H17F3N2O4S. The van der Waals surface area contributed by atoms with Crippen LogP contribution in [0.5, 0.6) is 5.75 Å². The Kier molecular flexibility index (Phi) is 6.02. The Hall–Kier alpha value is -2.75. The molecule has 1 atom stereocenters. The van der Waals surface area contributed by atoms with Crippen molar-refractivity contribution in [2.24, 2.45) is 0 Å². The highest BCUT2D eigenvalue weighted by molar-refractivity contribution is 8.00. The third kappa shape index (κ3) is 4.81. The van der Waals surface area contributed by atoms with Gasteiger partial charge in [-0.2, -0.15) is 13.2 Å². The molecule has 6 nitrogen and oxygen atoms in total. The third-order valence-electron chi connectivity index (χ3n) is 4.40. The Morgan fingerprint density at radius 3 is 2.59 bits per heavy atom. The molecule has 1 unspecified atom stereocenters. The van der Waals surface area contributed by atoms with Gasteiger partial charge in [0.05, 0.1) is 10.5 Å². The molecule has 0 radical (unpaired) electrons. The van der Waals surface area contributed by atoms with Crippen LogP contribution in [0.15, 0.2) is 42.5 Å². The van der Waals surface area contributed by atoms with E-state index in [1.165, 1.54) is 28.8 Å². The van der Waals surface area contributed by atoms with E-state index in [0.29, 0.717) is 12.3 Å². The molecule has 29 heavy (non-hydrogen) atoms. The van der Waals surface area contributed by atoms with Crippen molar-refractivity contribution in [1.82, 2.24) is 4.90 Å². The van der Waals surface area contributed by atoms with Crippen LogP contribution in [0.4, 0.5) is 18.9 Å². The van der Waals surface area contributed by atoms with Crippen molar-refractivity contribution < 1.29 is 27.6 Å². The first-order valence-corrected chi connectivity index (χ1v) is 9.69. The molecule has 3 rings (SSSR count). The van der Waals surface area contributed by atoms with Gasteiger partial charge in [0.2, 0.25) is 0 Å². The van der Waals surface area contributed by atoms with Gasteiger partial charge in [0.15, 0.2) is 5.75 Å². The van der Waals surface area contributed by atoms with Crippen molar-refractivity contribution in [3.63, 3.8) is 0 Å². The summed E-state index contributed by atoms with van der Waals surface area (Å²) in [6.07, 6.45) is -4.47. The summed E-state index contributed by atoms with van der Waals surface area (Å²) in [5.74, 6) is 0.335. The Bertz CT molecular complexity index is 919. The van der Waals surface area contributed by atoms with E-state index in [0.717, 1.165) is 29.8 Å². The van der Waals surface area contributed by atoms with E-state index in [1.807, 2.05) is 0 Å². The van der Waals surface area contributed by atoms with Crippen LogP contribution >= 0.6 is 11.8 Å². The number of alkyl halides is 3. The number of aryl methyl sites for hydroxylation is 1. The minimum atomic E-state index is -4.47. The van der Waals surface area contributed by atoms with E-state index in [1.54, 1.807) is 13.0 Å². The fourth-order valence-corrected chi connectivity index (χ4v) is 4.03. The first-order valence-electron chi connectivity index (χ1n) is 8.64. The first kappa shape index (κ1) is 21.0. The van der Waals surface area contributed by atoms with Crippen LogP contribution in [0.1, 0.15) is 21.5 Å². The van der Waals surface area contributed by atoms with Crippen molar-refractivity contribution in [2.45, 2.75) is 18.5 Å². The lowest BCUT2D eigenvalue weighted by molar-refractivity contribution is -0.385. The fraction of sp³-hybridized carbons (Fsp3) is 0.316. The summed E-state index contributed by atoms with van der Waals surface area (Å²) < 4.78 is 43.7. The van der Waals surface area contributed by atoms with Gasteiger partial charge in [0.1, 0.15) is 12.0 Å². The summed E-state index contributed by atoms with van der Waals surface area (Å²) in [5.41, 5.74) is -0.116. The largest absolute Gasteiger partial charge is 0.484 e. The van der Waals surface area contributed by atoms with Crippen LogP contribution in [0.3, 0.4) is 0 Å². The van der Waals surface area contributed by atoms with Crippen molar-refractivity contribution in [3.8, 4) is 5.75 Å². The third-order valence-corrected chi connectivity index (χ3v) is 5.60. The SMILES string of the molecule is Cc1ccc(OCC2SCCN2C(=O)c2ccc(C(F)(F)F)cc2)c([N+](=O)[O-])c1. The lowest BCUT2D eigenvalue weighted by Crippen LogP contribution is -2.38. The number of nitrogens with zero attached hydrogens (tertiary/aromatic N) is 2. The van der Waals surface area contributed by atoms with E-state index in [4.69, 9.17) is 4.74 Å². The van der Waals surface area contributed by atoms with Crippen molar-refractivity contribution >= 4 is 23.4 Å². The number of halogens is 3. The number of carbonyl (C=O) groups excluding carboxylic acids is 1. The van der Waals surface area contributed by atoms with Crippen LogP contribution in [-0.2, 0) is 6.18 Å². The minimum Gasteiger partial charge on any atom is -0.484 e. The number of thioether (sulfide) groups is 1. The predicted molar refractivity (Wildman–Crippen MR) is 102 cm³/mol. The van der Waals surface area contributed by atoms with Crippen LogP contribution in [0.25, 0.3) is 0 Å². The van der Waals surface area contributed by atoms with E-state index in [-0.39, 0.29) is 23.6 Å². The summed E-state index contributed by atoms with van der Waals surface area (Å²) in [4.78, 5) is 24.9. The number of benzene rings is 2. The number of carbonyl (C=O) groups is 1. The monoisotopic (exact) mass is 426 g/mol. The molecule has 1 amide bonds. The quantitative estimate of drug-likeness (QED) is 0.519. The minimum absolute atomic E-state index is 0.0287. The molecule has 0 saturated carbocycles. The number of amides is 1. The molecule has 1 fully saturated rings. The molecule has 0 bridgehead atoms. The molecule has 1 aliphatic heterocycles. The van der Waals surface area contributed by atoms with Gasteiger partial charge in [-0.05, 0) is 42.8 Å². The highest BCUT2D eigenvalue weighted by atomic mass is 32.2. The van der Waals surface area contributed by atoms with Gasteiger partial charge in [-0.1, -0.05) is 6.07 Å². The molecule has 0 spiro atoms. The van der Waals surface area contributed by atoms with E-state index < -0.39 is 27.9 Å². The van der Waals surface area contributed by atoms with Crippen LogP contribution in [-0.4, -0.2) is 40.0 Å². The Balaban J connectivity index is 1.70. The zero-order chi connectivity index (χ0) is 21.2. The first-order chi connectivity index (χ1) is 13.7. The molecular weight excluding hydrogens is 409 g/mol. The zero-order valence-electron chi connectivity index (χ0n) is 15.3. The molecule has 0 aromatic heterocycles. The van der Waals surface area contributed by atoms with Gasteiger partial charge in [-0.3, -0.25) is 14.9 Å². The highest BCUT2D eigenvalue weighted by Gasteiger charge is 2.33. The zero-order valence-corrected chi connectivity index (χ0v) is 16.1. The summed E-state index contributed by atoms with van der Waals surface area (Å²) in [6, 6.07) is 8.65. The number of hydrogen-bond donors (Lipinski definition) is 0. The van der Waals surface area contributed by atoms with Gasteiger partial charge >= 0.3 is 11.9 Å². The summed E-state index contributed by atoms with van der Waals surface area (Å²) in [6.45, 7) is 2.17. The summed E-state index contributed by atoms with van der Waals surface area (Å²) in [5, 5.41) is 10.8.